The third-order valence-corrected chi connectivity index (χ3v) is 5.34. The largest absolute Gasteiger partial charge is 0.457 e. The van der Waals surface area contributed by atoms with E-state index < -0.39 is 0 Å². The van der Waals surface area contributed by atoms with Crippen LogP contribution in [0.15, 0.2) is 48.0 Å². The highest BCUT2D eigenvalue weighted by molar-refractivity contribution is 7.12. The molecule has 1 aromatic carbocycles. The van der Waals surface area contributed by atoms with Crippen molar-refractivity contribution < 1.29 is 14.3 Å². The number of nitrogens with zero attached hydrogens (tertiary/aromatic N) is 2. The lowest BCUT2D eigenvalue weighted by atomic mass is 9.97. The van der Waals surface area contributed by atoms with Crippen molar-refractivity contribution in [3.63, 3.8) is 0 Å². The number of Topliss-reactive ketones (excluding diaryl/α,β-unsaturated/α-hetero) is 1. The van der Waals surface area contributed by atoms with Gasteiger partial charge in [-0.1, -0.05) is 37.3 Å². The number of carbonyl (C=O) groups excluding carboxylic acids is 2. The maximum Gasteiger partial charge on any atom is 0.313 e. The molecule has 140 valence electrons. The van der Waals surface area contributed by atoms with E-state index in [1.807, 2.05) is 67.1 Å². The Hall–Kier alpha value is -2.73. The summed E-state index contributed by atoms with van der Waals surface area (Å²) < 4.78 is 7.29. The lowest BCUT2D eigenvalue weighted by Crippen LogP contribution is -2.20. The molecule has 3 rings (SSSR count). The average Bonchev–Trinajstić information content (AvgIpc) is 3.29. The molecule has 5 nitrogen and oxygen atoms in total. The molecule has 0 aliphatic carbocycles. The molecule has 0 saturated carbocycles. The topological polar surface area (TPSA) is 61.2 Å². The molecule has 0 fully saturated rings. The Bertz CT molecular complexity index is 930. The summed E-state index contributed by atoms with van der Waals surface area (Å²) in [5.74, 6) is -0.935. The van der Waals surface area contributed by atoms with E-state index in [1.54, 1.807) is 6.20 Å². The van der Waals surface area contributed by atoms with Crippen LogP contribution in [0.4, 0.5) is 0 Å². The fourth-order valence-corrected chi connectivity index (χ4v) is 3.96. The van der Waals surface area contributed by atoms with Gasteiger partial charge in [-0.3, -0.25) is 14.2 Å². The van der Waals surface area contributed by atoms with E-state index >= 15 is 0 Å². The van der Waals surface area contributed by atoms with Crippen LogP contribution in [0.5, 0.6) is 0 Å². The van der Waals surface area contributed by atoms with E-state index in [2.05, 4.69) is 4.98 Å². The molecule has 0 spiro atoms. The minimum atomic E-state index is -0.370. The number of ether oxygens (including phenoxy) is 1. The Morgan fingerprint density at radius 3 is 2.59 bits per heavy atom. The molecule has 0 amide bonds. The molecule has 0 bridgehead atoms. The number of benzene rings is 1. The molecule has 0 aliphatic heterocycles. The van der Waals surface area contributed by atoms with Crippen LogP contribution in [0.2, 0.25) is 0 Å². The van der Waals surface area contributed by atoms with E-state index in [9.17, 15) is 9.59 Å². The number of aryl methyl sites for hydroxylation is 1. The second-order valence-electron chi connectivity index (χ2n) is 6.34. The predicted molar refractivity (Wildman–Crippen MR) is 106 cm³/mol. The molecule has 2 heterocycles. The fraction of sp³-hybridized carbons (Fsp3) is 0.286. The number of esters is 1. The molecule has 1 atom stereocenters. The Balaban J connectivity index is 1.71. The smallest absolute Gasteiger partial charge is 0.313 e. The summed E-state index contributed by atoms with van der Waals surface area (Å²) >= 11 is 1.51. The standard InChI is InChI=1S/C21H22N2O3S/c1-4-17(16-8-6-5-7-9-16)20(25)26-13-19(24)18-12-14(2)23(15(18)3)21-22-10-11-27-21/h5-12,17H,4,13H2,1-3H3. The Labute approximate surface area is 162 Å². The van der Waals surface area contributed by atoms with Crippen molar-refractivity contribution in [2.75, 3.05) is 6.61 Å². The predicted octanol–water partition coefficient (Wildman–Crippen LogP) is 4.47. The van der Waals surface area contributed by atoms with Crippen LogP contribution in [-0.4, -0.2) is 27.9 Å². The minimum absolute atomic E-state index is 0.206. The monoisotopic (exact) mass is 382 g/mol. The number of rotatable bonds is 7. The number of carbonyl (C=O) groups is 2. The summed E-state index contributed by atoms with van der Waals surface area (Å²) in [6, 6.07) is 11.3. The zero-order valence-corrected chi connectivity index (χ0v) is 16.5. The van der Waals surface area contributed by atoms with E-state index in [1.165, 1.54) is 11.3 Å². The second-order valence-corrected chi connectivity index (χ2v) is 7.21. The molecule has 0 N–H and O–H groups in total. The highest BCUT2D eigenvalue weighted by Crippen LogP contribution is 2.24. The van der Waals surface area contributed by atoms with Crippen LogP contribution in [0.25, 0.3) is 5.13 Å². The van der Waals surface area contributed by atoms with Gasteiger partial charge in [0.15, 0.2) is 11.7 Å². The Morgan fingerprint density at radius 2 is 1.96 bits per heavy atom. The third kappa shape index (κ3) is 4.01. The number of hydrogen-bond donors (Lipinski definition) is 0. The summed E-state index contributed by atoms with van der Waals surface area (Å²) in [4.78, 5) is 29.4. The van der Waals surface area contributed by atoms with E-state index in [4.69, 9.17) is 4.74 Å². The van der Waals surface area contributed by atoms with E-state index in [0.29, 0.717) is 12.0 Å². The molecular formula is C21H22N2O3S. The van der Waals surface area contributed by atoms with Gasteiger partial charge >= 0.3 is 5.97 Å². The highest BCUT2D eigenvalue weighted by atomic mass is 32.1. The molecular weight excluding hydrogens is 360 g/mol. The van der Waals surface area contributed by atoms with Gasteiger partial charge in [-0.2, -0.15) is 0 Å². The van der Waals surface area contributed by atoms with Gasteiger partial charge in [0.05, 0.1) is 5.92 Å². The first-order valence-electron chi connectivity index (χ1n) is 8.86. The van der Waals surface area contributed by atoms with Crippen molar-refractivity contribution in [1.82, 2.24) is 9.55 Å². The molecule has 2 aromatic heterocycles. The van der Waals surface area contributed by atoms with Crippen LogP contribution in [0.1, 0.15) is 46.6 Å². The first-order valence-corrected chi connectivity index (χ1v) is 9.74. The first-order chi connectivity index (χ1) is 13.0. The molecule has 0 saturated heterocycles. The minimum Gasteiger partial charge on any atom is -0.457 e. The Morgan fingerprint density at radius 1 is 1.22 bits per heavy atom. The van der Waals surface area contributed by atoms with Crippen molar-refractivity contribution in [3.05, 3.63) is 70.5 Å². The first kappa shape index (κ1) is 19.0. The van der Waals surface area contributed by atoms with Crippen molar-refractivity contribution in [3.8, 4) is 5.13 Å². The highest BCUT2D eigenvalue weighted by Gasteiger charge is 2.23. The second kappa shape index (κ2) is 8.31. The summed E-state index contributed by atoms with van der Waals surface area (Å²) in [6.45, 7) is 5.48. The normalized spacial score (nSPS) is 12.0. The number of thiazole rings is 1. The summed E-state index contributed by atoms with van der Waals surface area (Å²) in [6.07, 6.45) is 2.35. The van der Waals surface area contributed by atoms with Crippen LogP contribution >= 0.6 is 11.3 Å². The quantitative estimate of drug-likeness (QED) is 0.447. The SMILES string of the molecule is CCC(C(=O)OCC(=O)c1cc(C)n(-c2nccs2)c1C)c1ccccc1. The molecule has 6 heteroatoms. The lowest BCUT2D eigenvalue weighted by Gasteiger charge is -2.14. The molecule has 27 heavy (non-hydrogen) atoms. The zero-order valence-electron chi connectivity index (χ0n) is 15.6. The summed E-state index contributed by atoms with van der Waals surface area (Å²) in [7, 11) is 0. The number of hydrogen-bond acceptors (Lipinski definition) is 5. The van der Waals surface area contributed by atoms with Gasteiger partial charge in [0.2, 0.25) is 5.78 Å². The number of aromatic nitrogens is 2. The van der Waals surface area contributed by atoms with Gasteiger partial charge in [-0.25, -0.2) is 4.98 Å². The maximum atomic E-state index is 12.6. The van der Waals surface area contributed by atoms with Gasteiger partial charge in [0, 0.05) is 28.5 Å². The lowest BCUT2D eigenvalue weighted by molar-refractivity contribution is -0.144. The van der Waals surface area contributed by atoms with Crippen molar-refractivity contribution >= 4 is 23.1 Å². The molecule has 3 aromatic rings. The van der Waals surface area contributed by atoms with Gasteiger partial charge in [0.1, 0.15) is 0 Å². The van der Waals surface area contributed by atoms with Crippen LogP contribution < -0.4 is 0 Å². The van der Waals surface area contributed by atoms with Gasteiger partial charge in [0.25, 0.3) is 0 Å². The average molecular weight is 382 g/mol. The number of ketones is 1. The van der Waals surface area contributed by atoms with Crippen LogP contribution in [-0.2, 0) is 9.53 Å². The fourth-order valence-electron chi connectivity index (χ4n) is 3.20. The molecule has 0 radical (unpaired) electrons. The third-order valence-electron chi connectivity index (χ3n) is 4.58. The van der Waals surface area contributed by atoms with Gasteiger partial charge < -0.3 is 4.74 Å². The van der Waals surface area contributed by atoms with Crippen LogP contribution in [0, 0.1) is 13.8 Å². The maximum absolute atomic E-state index is 12.6. The van der Waals surface area contributed by atoms with Crippen molar-refractivity contribution in [2.45, 2.75) is 33.1 Å². The van der Waals surface area contributed by atoms with Gasteiger partial charge in [-0.05, 0) is 31.9 Å². The Kier molecular flexibility index (Phi) is 5.86. The summed E-state index contributed by atoms with van der Waals surface area (Å²) in [5.41, 5.74) is 3.19. The van der Waals surface area contributed by atoms with Gasteiger partial charge in [-0.15, -0.1) is 11.3 Å². The molecule has 1 unspecified atom stereocenters. The van der Waals surface area contributed by atoms with E-state index in [0.717, 1.165) is 22.1 Å². The van der Waals surface area contributed by atoms with E-state index in [-0.39, 0.29) is 24.3 Å². The van der Waals surface area contributed by atoms with Crippen molar-refractivity contribution in [2.24, 2.45) is 0 Å². The van der Waals surface area contributed by atoms with Crippen molar-refractivity contribution in [1.29, 1.82) is 0 Å². The zero-order chi connectivity index (χ0) is 19.4. The molecule has 0 aliphatic rings. The van der Waals surface area contributed by atoms with Crippen LogP contribution in [0.3, 0.4) is 0 Å². The summed E-state index contributed by atoms with van der Waals surface area (Å²) in [5, 5.41) is 2.71.